The number of aryl methyl sites for hydroxylation is 1. The van der Waals surface area contributed by atoms with Gasteiger partial charge in [-0.15, -0.1) is 6.42 Å². The summed E-state index contributed by atoms with van der Waals surface area (Å²) in [5.74, 6) is 2.59. The Labute approximate surface area is 100 Å². The first-order valence-electron chi connectivity index (χ1n) is 5.46. The SMILES string of the molecule is C#CC(CC)NCc1cn(C)c(=O)n(C)c1=O. The van der Waals surface area contributed by atoms with Crippen molar-refractivity contribution in [2.45, 2.75) is 25.9 Å². The smallest absolute Gasteiger partial charge is 0.303 e. The van der Waals surface area contributed by atoms with Crippen LogP contribution in [0.4, 0.5) is 0 Å². The highest BCUT2D eigenvalue weighted by atomic mass is 16.2. The molecule has 0 aliphatic rings. The predicted molar refractivity (Wildman–Crippen MR) is 66.7 cm³/mol. The van der Waals surface area contributed by atoms with Crippen LogP contribution in [0.3, 0.4) is 0 Å². The van der Waals surface area contributed by atoms with Gasteiger partial charge in [0.25, 0.3) is 5.56 Å². The molecule has 0 aromatic carbocycles. The molecule has 1 unspecified atom stereocenters. The molecule has 0 saturated carbocycles. The molecule has 0 fully saturated rings. The Kier molecular flexibility index (Phi) is 4.30. The van der Waals surface area contributed by atoms with Gasteiger partial charge in [0.05, 0.1) is 6.04 Å². The molecular formula is C12H17N3O2. The zero-order valence-corrected chi connectivity index (χ0v) is 10.4. The summed E-state index contributed by atoms with van der Waals surface area (Å²) in [4.78, 5) is 23.3. The fourth-order valence-electron chi connectivity index (χ4n) is 1.56. The maximum Gasteiger partial charge on any atom is 0.330 e. The van der Waals surface area contributed by atoms with Crippen LogP contribution in [-0.2, 0) is 20.6 Å². The van der Waals surface area contributed by atoms with Gasteiger partial charge in [-0.3, -0.25) is 14.7 Å². The van der Waals surface area contributed by atoms with E-state index in [0.29, 0.717) is 12.1 Å². The number of nitrogens with one attached hydrogen (secondary N) is 1. The third-order valence-corrected chi connectivity index (χ3v) is 2.67. The first-order valence-corrected chi connectivity index (χ1v) is 5.46. The van der Waals surface area contributed by atoms with Gasteiger partial charge in [-0.05, 0) is 6.42 Å². The van der Waals surface area contributed by atoms with Gasteiger partial charge in [-0.1, -0.05) is 12.8 Å². The van der Waals surface area contributed by atoms with E-state index < -0.39 is 0 Å². The third kappa shape index (κ3) is 2.86. The van der Waals surface area contributed by atoms with Crippen molar-refractivity contribution in [3.8, 4) is 12.3 Å². The lowest BCUT2D eigenvalue weighted by atomic mass is 10.2. The molecule has 1 rings (SSSR count). The summed E-state index contributed by atoms with van der Waals surface area (Å²) in [6.45, 7) is 2.33. The van der Waals surface area contributed by atoms with Gasteiger partial charge in [0.1, 0.15) is 0 Å². The lowest BCUT2D eigenvalue weighted by Crippen LogP contribution is -2.40. The summed E-state index contributed by atoms with van der Waals surface area (Å²) >= 11 is 0. The third-order valence-electron chi connectivity index (χ3n) is 2.67. The predicted octanol–water partition coefficient (Wildman–Crippen LogP) is -0.415. The molecule has 1 heterocycles. The summed E-state index contributed by atoms with van der Waals surface area (Å²) in [6, 6.07) is -0.0584. The Morgan fingerprint density at radius 2 is 2.12 bits per heavy atom. The van der Waals surface area contributed by atoms with Gasteiger partial charge in [-0.2, -0.15) is 0 Å². The van der Waals surface area contributed by atoms with Gasteiger partial charge >= 0.3 is 5.69 Å². The quantitative estimate of drug-likeness (QED) is 0.722. The second-order valence-corrected chi connectivity index (χ2v) is 3.92. The minimum Gasteiger partial charge on any atom is -0.303 e. The van der Waals surface area contributed by atoms with Crippen LogP contribution in [0.1, 0.15) is 18.9 Å². The minimum absolute atomic E-state index is 0.0584. The highest BCUT2D eigenvalue weighted by Gasteiger charge is 2.08. The Morgan fingerprint density at radius 1 is 1.47 bits per heavy atom. The fraction of sp³-hybridized carbons (Fsp3) is 0.500. The Morgan fingerprint density at radius 3 is 2.65 bits per heavy atom. The summed E-state index contributed by atoms with van der Waals surface area (Å²) in [6.07, 6.45) is 7.66. The van der Waals surface area contributed by atoms with E-state index in [9.17, 15) is 9.59 Å². The zero-order valence-electron chi connectivity index (χ0n) is 10.4. The molecule has 0 amide bonds. The summed E-state index contributed by atoms with van der Waals surface area (Å²) in [7, 11) is 3.08. The van der Waals surface area contributed by atoms with E-state index in [1.807, 2.05) is 6.92 Å². The first kappa shape index (κ1) is 13.3. The van der Waals surface area contributed by atoms with Crippen LogP contribution < -0.4 is 16.6 Å². The van der Waals surface area contributed by atoms with Crippen molar-refractivity contribution in [2.24, 2.45) is 14.1 Å². The number of terminal acetylenes is 1. The van der Waals surface area contributed by atoms with Gasteiger partial charge in [0.2, 0.25) is 0 Å². The van der Waals surface area contributed by atoms with Crippen molar-refractivity contribution in [1.82, 2.24) is 14.5 Å². The highest BCUT2D eigenvalue weighted by molar-refractivity contribution is 5.07. The molecule has 0 aliphatic heterocycles. The summed E-state index contributed by atoms with van der Waals surface area (Å²) in [5, 5.41) is 3.09. The van der Waals surface area contributed by atoms with E-state index >= 15 is 0 Å². The molecule has 92 valence electrons. The van der Waals surface area contributed by atoms with E-state index in [0.717, 1.165) is 11.0 Å². The maximum atomic E-state index is 11.8. The van der Waals surface area contributed by atoms with E-state index in [1.54, 1.807) is 13.2 Å². The molecule has 0 bridgehead atoms. The fourth-order valence-corrected chi connectivity index (χ4v) is 1.56. The second kappa shape index (κ2) is 5.51. The van der Waals surface area contributed by atoms with E-state index in [1.165, 1.54) is 11.6 Å². The molecule has 1 atom stereocenters. The molecule has 0 saturated heterocycles. The number of hydrogen-bond donors (Lipinski definition) is 1. The van der Waals surface area contributed by atoms with Crippen LogP contribution in [0.25, 0.3) is 0 Å². The minimum atomic E-state index is -0.331. The lowest BCUT2D eigenvalue weighted by molar-refractivity contribution is 0.574. The number of nitrogens with zero attached hydrogens (tertiary/aromatic N) is 2. The monoisotopic (exact) mass is 235 g/mol. The average Bonchev–Trinajstić information content (AvgIpc) is 2.33. The van der Waals surface area contributed by atoms with E-state index in [2.05, 4.69) is 11.2 Å². The molecular weight excluding hydrogens is 218 g/mol. The number of rotatable bonds is 4. The largest absolute Gasteiger partial charge is 0.330 e. The molecule has 0 radical (unpaired) electrons. The van der Waals surface area contributed by atoms with Crippen LogP contribution >= 0.6 is 0 Å². The molecule has 1 N–H and O–H groups in total. The normalized spacial score (nSPS) is 12.1. The Hall–Kier alpha value is -1.80. The first-order chi connectivity index (χ1) is 8.01. The second-order valence-electron chi connectivity index (χ2n) is 3.92. The van der Waals surface area contributed by atoms with Gasteiger partial charge in [-0.25, -0.2) is 4.79 Å². The molecule has 1 aromatic rings. The highest BCUT2D eigenvalue weighted by Crippen LogP contribution is 1.92. The molecule has 0 spiro atoms. The van der Waals surface area contributed by atoms with Gasteiger partial charge in [0.15, 0.2) is 0 Å². The number of hydrogen-bond acceptors (Lipinski definition) is 3. The maximum absolute atomic E-state index is 11.8. The van der Waals surface area contributed by atoms with Crippen molar-refractivity contribution < 1.29 is 0 Å². The molecule has 5 heteroatoms. The standard InChI is InChI=1S/C12H17N3O2/c1-5-10(6-2)13-7-9-8-14(3)12(17)15(4)11(9)16/h1,8,10,13H,6-7H2,2-4H3. The van der Waals surface area contributed by atoms with Crippen LogP contribution in [0.5, 0.6) is 0 Å². The summed E-state index contributed by atoms with van der Waals surface area (Å²) in [5.41, 5.74) is -0.0847. The van der Waals surface area contributed by atoms with Crippen molar-refractivity contribution in [2.75, 3.05) is 0 Å². The zero-order chi connectivity index (χ0) is 13.0. The van der Waals surface area contributed by atoms with Crippen LogP contribution in [0.15, 0.2) is 15.8 Å². The van der Waals surface area contributed by atoms with Gasteiger partial charge in [0, 0.05) is 32.4 Å². The molecule has 1 aromatic heterocycles. The Balaban J connectivity index is 2.98. The topological polar surface area (TPSA) is 56.0 Å². The van der Waals surface area contributed by atoms with Crippen LogP contribution in [0.2, 0.25) is 0 Å². The van der Waals surface area contributed by atoms with Crippen molar-refractivity contribution in [3.63, 3.8) is 0 Å². The van der Waals surface area contributed by atoms with Crippen molar-refractivity contribution in [1.29, 1.82) is 0 Å². The van der Waals surface area contributed by atoms with Crippen LogP contribution in [-0.4, -0.2) is 15.2 Å². The average molecular weight is 235 g/mol. The lowest BCUT2D eigenvalue weighted by Gasteiger charge is -2.11. The Bertz CT molecular complexity index is 548. The van der Waals surface area contributed by atoms with Crippen molar-refractivity contribution in [3.05, 3.63) is 32.6 Å². The van der Waals surface area contributed by atoms with Gasteiger partial charge < -0.3 is 4.57 Å². The van der Waals surface area contributed by atoms with E-state index in [-0.39, 0.29) is 17.3 Å². The van der Waals surface area contributed by atoms with Crippen molar-refractivity contribution >= 4 is 0 Å². The molecule has 17 heavy (non-hydrogen) atoms. The summed E-state index contributed by atoms with van der Waals surface area (Å²) < 4.78 is 2.48. The van der Waals surface area contributed by atoms with E-state index in [4.69, 9.17) is 6.42 Å². The van der Waals surface area contributed by atoms with Crippen LogP contribution in [0, 0.1) is 12.3 Å². The number of aromatic nitrogens is 2. The molecule has 0 aliphatic carbocycles. The molecule has 5 nitrogen and oxygen atoms in total.